The summed E-state index contributed by atoms with van der Waals surface area (Å²) < 4.78 is 0. The second-order valence-corrected chi connectivity index (χ2v) is 8.20. The zero-order chi connectivity index (χ0) is 20.5. The van der Waals surface area contributed by atoms with Crippen molar-refractivity contribution in [3.63, 3.8) is 0 Å². The van der Waals surface area contributed by atoms with Crippen molar-refractivity contribution >= 4 is 32.9 Å². The standard InChI is InChI=1S/C18H16.C10H10N2/c1-3-7-15-13(5-1)9-11-18-16-8-4-2-6-14(16)10-12-17(15)18;1-7-5-8-3-2-4-9(11)10(8)12-6-7/h1,3-5,7-9,11H,2,6,10,12H2;2-6H,11H2,1H3. The monoisotopic (exact) mass is 390 g/mol. The summed E-state index contributed by atoms with van der Waals surface area (Å²) in [7, 11) is 0. The maximum absolute atomic E-state index is 5.74. The number of aromatic nitrogens is 1. The lowest BCUT2D eigenvalue weighted by molar-refractivity contribution is 0.831. The van der Waals surface area contributed by atoms with Crippen molar-refractivity contribution in [1.82, 2.24) is 4.98 Å². The molecule has 0 saturated heterocycles. The van der Waals surface area contributed by atoms with E-state index in [0.717, 1.165) is 22.2 Å². The molecule has 0 amide bonds. The number of pyridine rings is 1. The van der Waals surface area contributed by atoms with Crippen LogP contribution in [-0.4, -0.2) is 4.98 Å². The Morgan fingerprint density at radius 2 is 1.73 bits per heavy atom. The van der Waals surface area contributed by atoms with Gasteiger partial charge >= 0.3 is 0 Å². The minimum atomic E-state index is 0.743. The molecular weight excluding hydrogens is 364 g/mol. The number of hydrogen-bond acceptors (Lipinski definition) is 2. The van der Waals surface area contributed by atoms with Crippen molar-refractivity contribution in [2.75, 3.05) is 5.73 Å². The second-order valence-electron chi connectivity index (χ2n) is 8.20. The van der Waals surface area contributed by atoms with Gasteiger partial charge in [0.1, 0.15) is 0 Å². The van der Waals surface area contributed by atoms with Gasteiger partial charge in [-0.1, -0.05) is 66.3 Å². The van der Waals surface area contributed by atoms with Gasteiger partial charge in [0.05, 0.1) is 11.2 Å². The molecule has 0 unspecified atom stereocenters. The third-order valence-corrected chi connectivity index (χ3v) is 6.16. The van der Waals surface area contributed by atoms with Crippen LogP contribution in [0.2, 0.25) is 0 Å². The highest BCUT2D eigenvalue weighted by atomic mass is 14.7. The van der Waals surface area contributed by atoms with Gasteiger partial charge in [-0.05, 0) is 77.8 Å². The Morgan fingerprint density at radius 1 is 0.867 bits per heavy atom. The number of hydrogen-bond donors (Lipinski definition) is 1. The first-order chi connectivity index (χ1) is 14.7. The molecule has 0 fully saturated rings. The zero-order valence-corrected chi connectivity index (χ0v) is 17.4. The molecule has 148 valence electrons. The summed E-state index contributed by atoms with van der Waals surface area (Å²) in [5.41, 5.74) is 14.7. The SMILES string of the molecule is C1=CC2=C(CC1)CCc1c2ccc2ccccc12.Cc1cnc2c(N)cccc2c1. The first kappa shape index (κ1) is 18.6. The number of nitrogens with two attached hydrogens (primary N) is 1. The van der Waals surface area contributed by atoms with Gasteiger partial charge in [-0.2, -0.15) is 0 Å². The van der Waals surface area contributed by atoms with E-state index in [4.69, 9.17) is 5.73 Å². The maximum Gasteiger partial charge on any atom is 0.0931 e. The van der Waals surface area contributed by atoms with E-state index in [9.17, 15) is 0 Å². The molecule has 1 heterocycles. The lowest BCUT2D eigenvalue weighted by atomic mass is 9.80. The lowest BCUT2D eigenvalue weighted by Crippen LogP contribution is -2.06. The number of fused-ring (bicyclic) bond motifs is 5. The minimum absolute atomic E-state index is 0.743. The summed E-state index contributed by atoms with van der Waals surface area (Å²) in [6, 6.07) is 21.3. The minimum Gasteiger partial charge on any atom is -0.397 e. The Balaban J connectivity index is 0.000000140. The van der Waals surface area contributed by atoms with Crippen LogP contribution in [0.5, 0.6) is 0 Å². The average Bonchev–Trinajstić information content (AvgIpc) is 2.79. The van der Waals surface area contributed by atoms with Crippen LogP contribution in [0.1, 0.15) is 36.0 Å². The topological polar surface area (TPSA) is 38.9 Å². The van der Waals surface area contributed by atoms with E-state index in [-0.39, 0.29) is 0 Å². The Kier molecular flexibility index (Phi) is 4.84. The number of anilines is 1. The molecule has 0 atom stereocenters. The lowest BCUT2D eigenvalue weighted by Gasteiger charge is -2.25. The Bertz CT molecular complexity index is 1310. The Morgan fingerprint density at radius 3 is 2.67 bits per heavy atom. The van der Waals surface area contributed by atoms with Gasteiger partial charge < -0.3 is 5.73 Å². The van der Waals surface area contributed by atoms with E-state index in [1.807, 2.05) is 31.3 Å². The van der Waals surface area contributed by atoms with Crippen molar-refractivity contribution in [1.29, 1.82) is 0 Å². The van der Waals surface area contributed by atoms with Crippen LogP contribution < -0.4 is 5.73 Å². The number of rotatable bonds is 0. The fourth-order valence-electron chi connectivity index (χ4n) is 4.68. The van der Waals surface area contributed by atoms with E-state index in [2.05, 4.69) is 59.6 Å². The normalized spacial score (nSPS) is 14.8. The van der Waals surface area contributed by atoms with E-state index < -0.39 is 0 Å². The third-order valence-electron chi connectivity index (χ3n) is 6.16. The van der Waals surface area contributed by atoms with E-state index in [0.29, 0.717) is 0 Å². The van der Waals surface area contributed by atoms with Crippen molar-refractivity contribution < 1.29 is 0 Å². The van der Waals surface area contributed by atoms with Crippen molar-refractivity contribution in [2.45, 2.75) is 32.6 Å². The van der Waals surface area contributed by atoms with Crippen molar-refractivity contribution in [3.05, 3.63) is 101 Å². The molecule has 2 heteroatoms. The van der Waals surface area contributed by atoms with Gasteiger partial charge in [0.2, 0.25) is 0 Å². The fourth-order valence-corrected chi connectivity index (χ4v) is 4.68. The van der Waals surface area contributed by atoms with Gasteiger partial charge in [0, 0.05) is 11.6 Å². The van der Waals surface area contributed by atoms with Crippen LogP contribution in [-0.2, 0) is 6.42 Å². The quantitative estimate of drug-likeness (QED) is 0.328. The van der Waals surface area contributed by atoms with Crippen LogP contribution in [0.15, 0.2) is 84.6 Å². The predicted octanol–water partition coefficient (Wildman–Crippen LogP) is 7.02. The van der Waals surface area contributed by atoms with Crippen molar-refractivity contribution in [3.8, 4) is 0 Å². The van der Waals surface area contributed by atoms with Gasteiger partial charge in [-0.25, -0.2) is 0 Å². The highest BCUT2D eigenvalue weighted by molar-refractivity contribution is 5.94. The molecular formula is C28H26N2. The molecule has 2 aliphatic rings. The number of benzene rings is 3. The number of allylic oxidation sites excluding steroid dienone is 4. The predicted molar refractivity (Wildman–Crippen MR) is 128 cm³/mol. The Labute approximate surface area is 177 Å². The average molecular weight is 391 g/mol. The molecule has 4 aromatic rings. The third kappa shape index (κ3) is 3.39. The second kappa shape index (κ2) is 7.79. The molecule has 1 aromatic heterocycles. The smallest absolute Gasteiger partial charge is 0.0931 e. The highest BCUT2D eigenvalue weighted by Gasteiger charge is 2.20. The summed E-state index contributed by atoms with van der Waals surface area (Å²) in [6.45, 7) is 2.02. The van der Waals surface area contributed by atoms with E-state index >= 15 is 0 Å². The zero-order valence-electron chi connectivity index (χ0n) is 17.4. The number of para-hydroxylation sites is 1. The molecule has 0 bridgehead atoms. The summed E-state index contributed by atoms with van der Waals surface area (Å²) in [5, 5.41) is 3.93. The van der Waals surface area contributed by atoms with E-state index in [1.54, 1.807) is 11.1 Å². The van der Waals surface area contributed by atoms with Crippen LogP contribution in [0.3, 0.4) is 0 Å². The van der Waals surface area contributed by atoms with Gasteiger partial charge in [0.15, 0.2) is 0 Å². The Hall–Kier alpha value is -3.39. The molecule has 0 aliphatic heterocycles. The molecule has 3 aromatic carbocycles. The molecule has 0 saturated carbocycles. The first-order valence-corrected chi connectivity index (χ1v) is 10.7. The number of nitrogens with zero attached hydrogens (tertiary/aromatic N) is 1. The van der Waals surface area contributed by atoms with Crippen LogP contribution in [0.25, 0.3) is 27.2 Å². The molecule has 6 rings (SSSR count). The van der Waals surface area contributed by atoms with Crippen LogP contribution in [0, 0.1) is 6.92 Å². The molecule has 30 heavy (non-hydrogen) atoms. The molecule has 0 radical (unpaired) electrons. The molecule has 0 spiro atoms. The summed E-state index contributed by atoms with van der Waals surface area (Å²) in [6.07, 6.45) is 11.4. The maximum atomic E-state index is 5.74. The molecule has 2 nitrogen and oxygen atoms in total. The fraction of sp³-hybridized carbons (Fsp3) is 0.179. The highest BCUT2D eigenvalue weighted by Crippen LogP contribution is 2.39. The van der Waals surface area contributed by atoms with Crippen LogP contribution >= 0.6 is 0 Å². The largest absolute Gasteiger partial charge is 0.397 e. The molecule has 2 N–H and O–H groups in total. The first-order valence-electron chi connectivity index (χ1n) is 10.7. The van der Waals surface area contributed by atoms with Crippen molar-refractivity contribution in [2.24, 2.45) is 0 Å². The summed E-state index contributed by atoms with van der Waals surface area (Å²) >= 11 is 0. The summed E-state index contributed by atoms with van der Waals surface area (Å²) in [4.78, 5) is 4.26. The number of nitrogen functional groups attached to an aromatic ring is 1. The van der Waals surface area contributed by atoms with Gasteiger partial charge in [0.25, 0.3) is 0 Å². The summed E-state index contributed by atoms with van der Waals surface area (Å²) in [5.74, 6) is 0. The van der Waals surface area contributed by atoms with Crippen LogP contribution in [0.4, 0.5) is 5.69 Å². The van der Waals surface area contributed by atoms with E-state index in [1.165, 1.54) is 47.6 Å². The van der Waals surface area contributed by atoms with Gasteiger partial charge in [-0.15, -0.1) is 0 Å². The van der Waals surface area contributed by atoms with Gasteiger partial charge in [-0.3, -0.25) is 4.98 Å². The number of aryl methyl sites for hydroxylation is 2. The molecule has 2 aliphatic carbocycles.